The van der Waals surface area contributed by atoms with E-state index in [4.69, 9.17) is 42.4 Å². The van der Waals surface area contributed by atoms with Gasteiger partial charge in [0.05, 0.1) is 38.1 Å². The minimum atomic E-state index is -1.30. The summed E-state index contributed by atoms with van der Waals surface area (Å²) in [6, 6.07) is 8.12. The number of hydrogen-bond donors (Lipinski definition) is 6. The number of ether oxygens (including phenoxy) is 6. The molecule has 0 bridgehead atoms. The van der Waals surface area contributed by atoms with E-state index in [0.717, 1.165) is 0 Å². The lowest BCUT2D eigenvalue weighted by Gasteiger charge is -2.21. The van der Waals surface area contributed by atoms with E-state index in [1.807, 2.05) is 0 Å². The number of rotatable bonds is 12. The van der Waals surface area contributed by atoms with Gasteiger partial charge in [-0.25, -0.2) is 27.6 Å². The van der Waals surface area contributed by atoms with Crippen LogP contribution in [0.15, 0.2) is 36.4 Å². The van der Waals surface area contributed by atoms with Crippen molar-refractivity contribution in [1.29, 1.82) is 0 Å². The molecule has 3 atom stereocenters. The molecule has 3 heterocycles. The predicted molar refractivity (Wildman–Crippen MR) is 256 cm³/mol. The molecule has 3 amide bonds. The summed E-state index contributed by atoms with van der Waals surface area (Å²) in [6.07, 6.45) is -4.34. The van der Waals surface area contributed by atoms with Gasteiger partial charge in [0.1, 0.15) is 51.5 Å². The summed E-state index contributed by atoms with van der Waals surface area (Å²) < 4.78 is 90.0. The Kier molecular flexibility index (Phi) is 21.2. The first-order valence-electron chi connectivity index (χ1n) is 22.4. The third-order valence-electron chi connectivity index (χ3n) is 9.56. The zero-order valence-electron chi connectivity index (χ0n) is 41.0. The molecule has 18 nitrogen and oxygen atoms in total. The average molecular weight is 991 g/mol. The standard InChI is InChI=1S/3C15H21BFNO5.CH4/c3*1-5-21-10-7-6-9(17)12-11(23-16(20)13(10)12)8-18-14(19)22-15(2,3)4;/h3*6-7,11,20H,5,8H2,1-4H3,(H,18,19);1H4/t2*11-;;/m10../s1. The van der Waals surface area contributed by atoms with Crippen LogP contribution in [0.5, 0.6) is 17.2 Å². The van der Waals surface area contributed by atoms with E-state index in [-0.39, 0.29) is 60.1 Å². The van der Waals surface area contributed by atoms with Crippen LogP contribution in [0.3, 0.4) is 0 Å². The van der Waals surface area contributed by atoms with Gasteiger partial charge in [0.15, 0.2) is 0 Å². The summed E-state index contributed by atoms with van der Waals surface area (Å²) in [7, 11) is -3.90. The van der Waals surface area contributed by atoms with E-state index < -0.39 is 92.2 Å². The quantitative estimate of drug-likeness (QED) is 0.102. The first kappa shape index (κ1) is 58.9. The first-order valence-corrected chi connectivity index (χ1v) is 22.4. The minimum absolute atomic E-state index is 0. The van der Waals surface area contributed by atoms with Crippen LogP contribution >= 0.6 is 0 Å². The summed E-state index contributed by atoms with van der Waals surface area (Å²) >= 11 is 0. The van der Waals surface area contributed by atoms with Crippen molar-refractivity contribution in [2.45, 2.75) is 126 Å². The Bertz CT molecular complexity index is 2020. The number of fused-ring (bicyclic) bond motifs is 3. The monoisotopic (exact) mass is 991 g/mol. The third-order valence-corrected chi connectivity index (χ3v) is 9.56. The Balaban J connectivity index is 0.000000276. The van der Waals surface area contributed by atoms with Crippen LogP contribution in [0.1, 0.15) is 126 Å². The fraction of sp³-hybridized carbons (Fsp3) is 0.543. The highest BCUT2D eigenvalue weighted by atomic mass is 19.1. The highest BCUT2D eigenvalue weighted by Crippen LogP contribution is 2.32. The molecule has 0 aliphatic carbocycles. The molecule has 3 aromatic carbocycles. The molecule has 3 aliphatic heterocycles. The largest absolute Gasteiger partial charge is 0.495 e. The maximum absolute atomic E-state index is 14.1. The molecular weight excluding hydrogens is 924 g/mol. The second-order valence-electron chi connectivity index (χ2n) is 18.5. The van der Waals surface area contributed by atoms with Crippen LogP contribution in [0.4, 0.5) is 27.6 Å². The zero-order chi connectivity index (χ0) is 51.6. The topological polar surface area (TPSA) is 231 Å². The maximum atomic E-state index is 14.1. The van der Waals surface area contributed by atoms with Crippen molar-refractivity contribution in [3.05, 3.63) is 70.5 Å². The van der Waals surface area contributed by atoms with Gasteiger partial charge in [-0.15, -0.1) is 0 Å². The first-order chi connectivity index (χ1) is 32.2. The molecule has 386 valence electrons. The number of halogens is 3. The number of carbonyl (C=O) groups excluding carboxylic acids is 3. The Hall–Kier alpha value is -5.39. The average Bonchev–Trinajstić information content (AvgIpc) is 3.88. The SMILES string of the molecule is C.CCOc1ccc(F)c2c1B(O)OC2CNC(=O)OC(C)(C)C.CCOc1ccc(F)c2c1B(O)O[C@@H]2CNC(=O)OC(C)(C)C.CCOc1ccc(F)c2c1B(O)O[C@H]2CNC(=O)OC(C)(C)C. The van der Waals surface area contributed by atoms with Crippen molar-refractivity contribution in [2.24, 2.45) is 0 Å². The van der Waals surface area contributed by atoms with E-state index in [0.29, 0.717) is 37.1 Å². The lowest BCUT2D eigenvalue weighted by atomic mass is 9.78. The Labute approximate surface area is 408 Å². The number of benzene rings is 3. The third kappa shape index (κ3) is 16.3. The fourth-order valence-electron chi connectivity index (χ4n) is 7.16. The Morgan fingerprint density at radius 2 is 0.729 bits per heavy atom. The normalized spacial score (nSPS) is 16.7. The van der Waals surface area contributed by atoms with Gasteiger partial charge >= 0.3 is 39.6 Å². The van der Waals surface area contributed by atoms with Gasteiger partial charge < -0.3 is 73.4 Å². The highest BCUT2D eigenvalue weighted by Gasteiger charge is 2.43. The summed E-state index contributed by atoms with van der Waals surface area (Å²) in [4.78, 5) is 35.1. The van der Waals surface area contributed by atoms with Crippen molar-refractivity contribution < 1.29 is 85.0 Å². The van der Waals surface area contributed by atoms with E-state index in [9.17, 15) is 42.6 Å². The molecule has 3 aliphatic rings. The van der Waals surface area contributed by atoms with E-state index in [1.165, 1.54) is 36.4 Å². The van der Waals surface area contributed by atoms with Gasteiger partial charge in [-0.05, 0) is 119 Å². The van der Waals surface area contributed by atoms with Gasteiger partial charge in [0.25, 0.3) is 0 Å². The number of hydrogen-bond acceptors (Lipinski definition) is 15. The molecule has 0 fully saturated rings. The van der Waals surface area contributed by atoms with E-state index in [1.54, 1.807) is 83.1 Å². The summed E-state index contributed by atoms with van der Waals surface area (Å²) in [5.74, 6) is -0.438. The van der Waals surface area contributed by atoms with Crippen molar-refractivity contribution in [3.63, 3.8) is 0 Å². The Morgan fingerprint density at radius 1 is 0.500 bits per heavy atom. The second-order valence-corrected chi connectivity index (χ2v) is 18.5. The van der Waals surface area contributed by atoms with Crippen LogP contribution in [0, 0.1) is 17.5 Å². The molecular formula is C46H67B3F3N3O15. The fourth-order valence-corrected chi connectivity index (χ4v) is 7.16. The lowest BCUT2D eigenvalue weighted by Crippen LogP contribution is -2.35. The van der Waals surface area contributed by atoms with Gasteiger partial charge in [0.2, 0.25) is 0 Å². The van der Waals surface area contributed by atoms with E-state index >= 15 is 0 Å². The molecule has 24 heteroatoms. The number of alkyl carbamates (subject to hydrolysis) is 3. The predicted octanol–water partition coefficient (Wildman–Crippen LogP) is 5.16. The Morgan fingerprint density at radius 3 is 0.929 bits per heavy atom. The molecule has 0 aromatic heterocycles. The maximum Gasteiger partial charge on any atom is 0.495 e. The number of nitrogens with one attached hydrogen (secondary N) is 3. The van der Waals surface area contributed by atoms with Crippen molar-refractivity contribution in [2.75, 3.05) is 39.5 Å². The van der Waals surface area contributed by atoms with Crippen molar-refractivity contribution in [1.82, 2.24) is 16.0 Å². The molecule has 3 aromatic rings. The van der Waals surface area contributed by atoms with Crippen molar-refractivity contribution >= 4 is 56.0 Å². The molecule has 70 heavy (non-hydrogen) atoms. The summed E-state index contributed by atoms with van der Waals surface area (Å²) in [5, 5.41) is 37.6. The highest BCUT2D eigenvalue weighted by molar-refractivity contribution is 6.63. The molecule has 6 N–H and O–H groups in total. The minimum Gasteiger partial charge on any atom is -0.494 e. The van der Waals surface area contributed by atoms with Crippen LogP contribution < -0.4 is 46.5 Å². The van der Waals surface area contributed by atoms with Gasteiger partial charge in [-0.2, -0.15) is 0 Å². The summed E-state index contributed by atoms with van der Waals surface area (Å²) in [5.41, 5.74) is -0.519. The smallest absolute Gasteiger partial charge is 0.494 e. The van der Waals surface area contributed by atoms with Gasteiger partial charge in [0, 0.05) is 52.7 Å². The van der Waals surface area contributed by atoms with Crippen LogP contribution in [-0.4, -0.2) is 111 Å². The number of amides is 3. The van der Waals surface area contributed by atoms with Crippen LogP contribution in [0.25, 0.3) is 0 Å². The lowest BCUT2D eigenvalue weighted by molar-refractivity contribution is 0.0488. The molecule has 0 radical (unpaired) electrons. The van der Waals surface area contributed by atoms with Crippen molar-refractivity contribution in [3.8, 4) is 17.2 Å². The molecule has 6 rings (SSSR count). The van der Waals surface area contributed by atoms with Gasteiger partial charge in [-0.3, -0.25) is 0 Å². The second kappa shape index (κ2) is 25.1. The van der Waals surface area contributed by atoms with Gasteiger partial charge in [-0.1, -0.05) is 7.43 Å². The van der Waals surface area contributed by atoms with Crippen LogP contribution in [-0.2, 0) is 28.2 Å². The summed E-state index contributed by atoms with van der Waals surface area (Å²) in [6.45, 7) is 22.1. The van der Waals surface area contributed by atoms with E-state index in [2.05, 4.69) is 16.0 Å². The molecule has 0 spiro atoms. The molecule has 1 unspecified atom stereocenters. The van der Waals surface area contributed by atoms with Crippen LogP contribution in [0.2, 0.25) is 0 Å². The molecule has 0 saturated heterocycles. The molecule has 0 saturated carbocycles. The zero-order valence-corrected chi connectivity index (χ0v) is 41.0. The number of carbonyl (C=O) groups is 3.